The van der Waals surface area contributed by atoms with Gasteiger partial charge in [0.1, 0.15) is 0 Å². The zero-order valence-corrected chi connectivity index (χ0v) is 15.4. The minimum absolute atomic E-state index is 0.0219. The molecule has 10 nitrogen and oxygen atoms in total. The average molecular weight is 426 g/mol. The zero-order valence-electron chi connectivity index (χ0n) is 15.4. The van der Waals surface area contributed by atoms with Crippen molar-refractivity contribution in [3.05, 3.63) is 42.5 Å². The molecule has 2 aliphatic heterocycles. The van der Waals surface area contributed by atoms with Crippen molar-refractivity contribution in [3.63, 3.8) is 0 Å². The van der Waals surface area contributed by atoms with Crippen molar-refractivity contribution >= 4 is 17.8 Å². The predicted octanol–water partition coefficient (Wildman–Crippen LogP) is 0.630. The van der Waals surface area contributed by atoms with Gasteiger partial charge in [-0.1, -0.05) is 0 Å². The van der Waals surface area contributed by atoms with Gasteiger partial charge in [0.2, 0.25) is 5.95 Å². The summed E-state index contributed by atoms with van der Waals surface area (Å²) in [7, 11) is 0. The molecule has 2 atom stereocenters. The number of halogens is 3. The largest absolute Gasteiger partial charge is 0.490 e. The molecule has 0 aromatic carbocycles. The smallest absolute Gasteiger partial charge is 0.475 e. The minimum Gasteiger partial charge on any atom is -0.475 e. The highest BCUT2D eigenvalue weighted by Crippen LogP contribution is 2.26. The number of fused-ring (bicyclic) bond motifs is 1. The highest BCUT2D eigenvalue weighted by Gasteiger charge is 2.43. The van der Waals surface area contributed by atoms with E-state index in [1.807, 2.05) is 0 Å². The maximum absolute atomic E-state index is 12.6. The number of likely N-dealkylation sites (tertiary alicyclic amines) is 1. The summed E-state index contributed by atoms with van der Waals surface area (Å²) in [5, 5.41) is 14.6. The number of carbonyl (C=O) groups excluding carboxylic acids is 1. The molecule has 2 aromatic rings. The van der Waals surface area contributed by atoms with E-state index in [-0.39, 0.29) is 18.1 Å². The summed E-state index contributed by atoms with van der Waals surface area (Å²) in [5.41, 5.74) is 0.543. The first-order chi connectivity index (χ1) is 14.3. The summed E-state index contributed by atoms with van der Waals surface area (Å²) in [6.45, 7) is 2.49. The number of carboxylic acid groups (broad SMARTS) is 1. The maximum atomic E-state index is 12.6. The molecule has 0 radical (unpaired) electrons. The molecule has 0 aliphatic carbocycles. The summed E-state index contributed by atoms with van der Waals surface area (Å²) in [5.74, 6) is -2.12. The van der Waals surface area contributed by atoms with Crippen molar-refractivity contribution in [3.8, 4) is 0 Å². The van der Waals surface area contributed by atoms with Crippen molar-refractivity contribution in [2.24, 2.45) is 0 Å². The molecule has 2 fully saturated rings. The molecule has 0 unspecified atom stereocenters. The molecule has 1 amide bonds. The topological polar surface area (TPSA) is 122 Å². The van der Waals surface area contributed by atoms with E-state index in [2.05, 4.69) is 25.1 Å². The number of hydrogen-bond donors (Lipinski definition) is 1. The Morgan fingerprint density at radius 1 is 1.13 bits per heavy atom. The van der Waals surface area contributed by atoms with Gasteiger partial charge in [0.25, 0.3) is 5.91 Å². The summed E-state index contributed by atoms with van der Waals surface area (Å²) in [6, 6.07) is 3.54. The van der Waals surface area contributed by atoms with Gasteiger partial charge in [-0.15, -0.1) is 0 Å². The fraction of sp³-hybridized carbons (Fsp3) is 0.412. The molecule has 0 saturated carbocycles. The number of aromatic nitrogens is 4. The van der Waals surface area contributed by atoms with Gasteiger partial charge in [0.05, 0.1) is 36.7 Å². The van der Waals surface area contributed by atoms with E-state index in [0.29, 0.717) is 31.2 Å². The van der Waals surface area contributed by atoms with Crippen LogP contribution in [0.3, 0.4) is 0 Å². The van der Waals surface area contributed by atoms with Crippen LogP contribution < -0.4 is 4.90 Å². The molecule has 0 bridgehead atoms. The van der Waals surface area contributed by atoms with Crippen LogP contribution in [0.25, 0.3) is 0 Å². The lowest BCUT2D eigenvalue weighted by atomic mass is 10.1. The number of hydrogen-bond acceptors (Lipinski definition) is 8. The fourth-order valence-corrected chi connectivity index (χ4v) is 3.14. The second-order valence-electron chi connectivity index (χ2n) is 6.36. The number of anilines is 1. The monoisotopic (exact) mass is 426 g/mol. The Morgan fingerprint density at radius 2 is 1.83 bits per heavy atom. The third kappa shape index (κ3) is 4.97. The van der Waals surface area contributed by atoms with Crippen LogP contribution in [-0.4, -0.2) is 86.6 Å². The Kier molecular flexibility index (Phi) is 6.40. The first kappa shape index (κ1) is 21.4. The molecule has 4 heterocycles. The highest BCUT2D eigenvalue weighted by molar-refractivity contribution is 5.94. The number of amides is 1. The van der Waals surface area contributed by atoms with Gasteiger partial charge in [0, 0.05) is 32.0 Å². The second kappa shape index (κ2) is 8.98. The van der Waals surface area contributed by atoms with Gasteiger partial charge in [-0.05, 0) is 12.1 Å². The van der Waals surface area contributed by atoms with E-state index in [0.717, 1.165) is 6.54 Å². The Bertz CT molecular complexity index is 871. The van der Waals surface area contributed by atoms with Crippen LogP contribution in [0.2, 0.25) is 0 Å². The number of alkyl halides is 3. The minimum atomic E-state index is -5.08. The van der Waals surface area contributed by atoms with E-state index < -0.39 is 12.1 Å². The van der Waals surface area contributed by atoms with Crippen molar-refractivity contribution in [2.45, 2.75) is 18.3 Å². The summed E-state index contributed by atoms with van der Waals surface area (Å²) in [6.07, 6.45) is 1.37. The molecular weight excluding hydrogens is 409 g/mol. The van der Waals surface area contributed by atoms with Crippen LogP contribution in [0.15, 0.2) is 36.9 Å². The fourth-order valence-electron chi connectivity index (χ4n) is 3.14. The van der Waals surface area contributed by atoms with Crippen molar-refractivity contribution < 1.29 is 32.6 Å². The first-order valence-corrected chi connectivity index (χ1v) is 8.78. The van der Waals surface area contributed by atoms with E-state index in [1.165, 1.54) is 12.4 Å². The molecule has 30 heavy (non-hydrogen) atoms. The van der Waals surface area contributed by atoms with Crippen molar-refractivity contribution in [2.75, 3.05) is 31.1 Å². The summed E-state index contributed by atoms with van der Waals surface area (Å²) in [4.78, 5) is 34.1. The molecule has 13 heteroatoms. The van der Waals surface area contributed by atoms with Crippen LogP contribution in [0.5, 0.6) is 0 Å². The number of rotatable bonds is 2. The number of ether oxygens (including phenoxy) is 1. The molecule has 0 spiro atoms. The Labute approximate surface area is 168 Å². The molecule has 2 aliphatic rings. The van der Waals surface area contributed by atoms with Crippen LogP contribution in [-0.2, 0) is 9.53 Å². The van der Waals surface area contributed by atoms with Gasteiger partial charge in [-0.3, -0.25) is 4.79 Å². The number of nitrogens with zero attached hydrogens (tertiary/aromatic N) is 6. The Morgan fingerprint density at radius 3 is 2.43 bits per heavy atom. The zero-order chi connectivity index (χ0) is 21.7. The third-order valence-corrected chi connectivity index (χ3v) is 4.47. The van der Waals surface area contributed by atoms with E-state index in [4.69, 9.17) is 14.6 Å². The van der Waals surface area contributed by atoms with Crippen LogP contribution >= 0.6 is 0 Å². The van der Waals surface area contributed by atoms with Crippen LogP contribution in [0, 0.1) is 0 Å². The lowest BCUT2D eigenvalue weighted by molar-refractivity contribution is -0.192. The van der Waals surface area contributed by atoms with Crippen LogP contribution in [0.1, 0.15) is 10.4 Å². The molecule has 4 rings (SSSR count). The van der Waals surface area contributed by atoms with E-state index >= 15 is 0 Å². The predicted molar refractivity (Wildman–Crippen MR) is 94.5 cm³/mol. The Balaban J connectivity index is 0.000000318. The summed E-state index contributed by atoms with van der Waals surface area (Å²) < 4.78 is 37.6. The third-order valence-electron chi connectivity index (χ3n) is 4.47. The van der Waals surface area contributed by atoms with Gasteiger partial charge in [-0.2, -0.15) is 23.4 Å². The lowest BCUT2D eigenvalue weighted by Crippen LogP contribution is -2.51. The average Bonchev–Trinajstić information content (AvgIpc) is 3.18. The van der Waals surface area contributed by atoms with Crippen molar-refractivity contribution in [1.29, 1.82) is 0 Å². The molecular formula is C17H17F3N6O4. The van der Waals surface area contributed by atoms with Crippen LogP contribution in [0.4, 0.5) is 19.1 Å². The van der Waals surface area contributed by atoms with Gasteiger partial charge in [0.15, 0.2) is 0 Å². The lowest BCUT2D eigenvalue weighted by Gasteiger charge is -2.36. The normalized spacial score (nSPS) is 20.8. The quantitative estimate of drug-likeness (QED) is 0.737. The van der Waals surface area contributed by atoms with Gasteiger partial charge >= 0.3 is 12.1 Å². The second-order valence-corrected chi connectivity index (χ2v) is 6.36. The van der Waals surface area contributed by atoms with Gasteiger partial charge < -0.3 is 19.6 Å². The van der Waals surface area contributed by atoms with E-state index in [1.54, 1.807) is 29.4 Å². The maximum Gasteiger partial charge on any atom is 0.490 e. The number of carbonyl (C=O) groups is 2. The number of morpholine rings is 1. The summed E-state index contributed by atoms with van der Waals surface area (Å²) >= 11 is 0. The number of carboxylic acids is 1. The SMILES string of the molecule is O=C(O)C(F)(F)F.O=C(c1ccnnc1)N1C[C@@H]2OCCN(c3ncccn3)[C@@H]2C1. The Hall–Kier alpha value is -3.35. The van der Waals surface area contributed by atoms with Crippen molar-refractivity contribution in [1.82, 2.24) is 25.1 Å². The highest BCUT2D eigenvalue weighted by atomic mass is 19.4. The standard InChI is InChI=1S/C15H16N6O2.C2HF3O2/c22-14(11-2-5-18-19-8-11)20-9-12-13(10-20)23-7-6-21(12)15-16-3-1-4-17-15;3-2(4,5)1(6)7/h1-5,8,12-13H,6-7,9-10H2;(H,6,7)/t12-,13+;/m1./s1. The molecule has 2 saturated heterocycles. The van der Waals surface area contributed by atoms with Gasteiger partial charge in [-0.25, -0.2) is 14.8 Å². The van der Waals surface area contributed by atoms with E-state index in [9.17, 15) is 18.0 Å². The molecule has 160 valence electrons. The molecule has 1 N–H and O–H groups in total. The first-order valence-electron chi connectivity index (χ1n) is 8.78. The molecule has 2 aromatic heterocycles. The number of aliphatic carboxylic acids is 1.